The first kappa shape index (κ1) is 13.4. The monoisotopic (exact) mass is 258 g/mol. The van der Waals surface area contributed by atoms with E-state index in [4.69, 9.17) is 5.11 Å². The molecule has 0 spiro atoms. The minimum Gasteiger partial charge on any atom is -0.396 e. The van der Waals surface area contributed by atoms with Crippen LogP contribution in [0.2, 0.25) is 0 Å². The average Bonchev–Trinajstić information content (AvgIpc) is 2.73. The van der Waals surface area contributed by atoms with Crippen molar-refractivity contribution in [2.45, 2.75) is 13.3 Å². The van der Waals surface area contributed by atoms with Gasteiger partial charge in [0.25, 0.3) is 5.91 Å². The molecule has 0 saturated heterocycles. The smallest absolute Gasteiger partial charge is 0.272 e. The summed E-state index contributed by atoms with van der Waals surface area (Å²) < 4.78 is 1.86. The van der Waals surface area contributed by atoms with Crippen molar-refractivity contribution in [1.82, 2.24) is 4.57 Å². The number of benzene rings is 1. The molecule has 2 aromatic rings. The molecule has 2 N–H and O–H groups in total. The van der Waals surface area contributed by atoms with Crippen molar-refractivity contribution in [1.29, 1.82) is 0 Å². The van der Waals surface area contributed by atoms with Gasteiger partial charge in [-0.1, -0.05) is 12.1 Å². The van der Waals surface area contributed by atoms with E-state index in [0.29, 0.717) is 12.1 Å². The van der Waals surface area contributed by atoms with E-state index in [1.165, 1.54) is 0 Å². The Morgan fingerprint density at radius 2 is 1.89 bits per heavy atom. The van der Waals surface area contributed by atoms with Crippen molar-refractivity contribution >= 4 is 11.6 Å². The molecule has 0 aliphatic heterocycles. The summed E-state index contributed by atoms with van der Waals surface area (Å²) in [4.78, 5) is 12.1. The van der Waals surface area contributed by atoms with E-state index in [-0.39, 0.29) is 12.5 Å². The van der Waals surface area contributed by atoms with Crippen molar-refractivity contribution in [3.63, 3.8) is 0 Å². The lowest BCUT2D eigenvalue weighted by Crippen LogP contribution is -2.16. The lowest BCUT2D eigenvalue weighted by molar-refractivity contribution is 0.101. The second kappa shape index (κ2) is 5.71. The first-order valence-electron chi connectivity index (χ1n) is 6.25. The first-order chi connectivity index (χ1) is 9.11. The van der Waals surface area contributed by atoms with E-state index >= 15 is 0 Å². The van der Waals surface area contributed by atoms with Crippen molar-refractivity contribution in [3.8, 4) is 0 Å². The minimum atomic E-state index is -0.120. The van der Waals surface area contributed by atoms with Crippen LogP contribution in [-0.4, -0.2) is 22.2 Å². The number of hydrogen-bond donors (Lipinski definition) is 2. The molecule has 1 heterocycles. The highest BCUT2D eigenvalue weighted by molar-refractivity contribution is 6.03. The molecule has 0 radical (unpaired) electrons. The van der Waals surface area contributed by atoms with Gasteiger partial charge in [0.05, 0.1) is 0 Å². The molecule has 0 saturated carbocycles. The summed E-state index contributed by atoms with van der Waals surface area (Å²) in [5.41, 5.74) is 3.49. The number of rotatable bonds is 4. The average molecular weight is 258 g/mol. The Labute approximate surface area is 112 Å². The number of aryl methyl sites for hydroxylation is 1. The number of aliphatic hydroxyl groups excluding tert-OH is 1. The van der Waals surface area contributed by atoms with Gasteiger partial charge in [0.1, 0.15) is 5.69 Å². The van der Waals surface area contributed by atoms with Crippen molar-refractivity contribution < 1.29 is 9.90 Å². The molecule has 2 rings (SSSR count). The Hall–Kier alpha value is -2.07. The van der Waals surface area contributed by atoms with Crippen molar-refractivity contribution in [3.05, 3.63) is 53.3 Å². The van der Waals surface area contributed by atoms with Gasteiger partial charge in [0.2, 0.25) is 0 Å². The van der Waals surface area contributed by atoms with Gasteiger partial charge in [-0.15, -0.1) is 0 Å². The predicted octanol–water partition coefficient (Wildman–Crippen LogP) is 2.12. The van der Waals surface area contributed by atoms with Crippen LogP contribution in [0.3, 0.4) is 0 Å². The minimum absolute atomic E-state index is 0.120. The van der Waals surface area contributed by atoms with Crippen LogP contribution in [0.1, 0.15) is 21.7 Å². The van der Waals surface area contributed by atoms with Crippen molar-refractivity contribution in [2.24, 2.45) is 7.05 Å². The van der Waals surface area contributed by atoms with Crippen molar-refractivity contribution in [2.75, 3.05) is 11.9 Å². The van der Waals surface area contributed by atoms with Gasteiger partial charge in [-0.25, -0.2) is 0 Å². The lowest BCUT2D eigenvalue weighted by atomic mass is 10.1. The largest absolute Gasteiger partial charge is 0.396 e. The van der Waals surface area contributed by atoms with Crippen LogP contribution >= 0.6 is 0 Å². The number of aliphatic hydroxyl groups is 1. The van der Waals surface area contributed by atoms with E-state index in [1.54, 1.807) is 0 Å². The zero-order valence-corrected chi connectivity index (χ0v) is 11.2. The Balaban J connectivity index is 2.08. The summed E-state index contributed by atoms with van der Waals surface area (Å²) in [5, 5.41) is 11.7. The van der Waals surface area contributed by atoms with Gasteiger partial charge in [0, 0.05) is 25.0 Å². The van der Waals surface area contributed by atoms with Gasteiger partial charge in [-0.2, -0.15) is 0 Å². The number of aromatic nitrogens is 1. The fourth-order valence-electron chi connectivity index (χ4n) is 1.92. The number of nitrogens with zero attached hydrogens (tertiary/aromatic N) is 1. The second-order valence-corrected chi connectivity index (χ2v) is 4.54. The molecule has 0 aliphatic carbocycles. The zero-order chi connectivity index (χ0) is 13.8. The topological polar surface area (TPSA) is 54.3 Å². The number of hydrogen-bond acceptors (Lipinski definition) is 2. The summed E-state index contributed by atoms with van der Waals surface area (Å²) in [6, 6.07) is 11.2. The van der Waals surface area contributed by atoms with E-state index < -0.39 is 0 Å². The summed E-state index contributed by atoms with van der Waals surface area (Å²) in [5.74, 6) is -0.120. The molecule has 1 amide bonds. The third-order valence-corrected chi connectivity index (χ3v) is 3.22. The zero-order valence-electron chi connectivity index (χ0n) is 11.2. The Morgan fingerprint density at radius 3 is 2.42 bits per heavy atom. The van der Waals surface area contributed by atoms with E-state index in [9.17, 15) is 4.79 Å². The predicted molar refractivity (Wildman–Crippen MR) is 75.3 cm³/mol. The van der Waals surface area contributed by atoms with Crippen LogP contribution in [0.15, 0.2) is 36.4 Å². The maximum absolute atomic E-state index is 12.1. The molecule has 4 heteroatoms. The van der Waals surface area contributed by atoms with Gasteiger partial charge in [-0.05, 0) is 43.2 Å². The molecule has 0 fully saturated rings. The third-order valence-electron chi connectivity index (χ3n) is 3.22. The van der Waals surface area contributed by atoms with Gasteiger partial charge >= 0.3 is 0 Å². The summed E-state index contributed by atoms with van der Waals surface area (Å²) in [7, 11) is 1.87. The SMILES string of the molecule is Cc1ccc(C(=O)Nc2ccc(CCO)cc2)n1C. The van der Waals surface area contributed by atoms with Crippen LogP contribution in [0.5, 0.6) is 0 Å². The quantitative estimate of drug-likeness (QED) is 0.882. The molecule has 1 aromatic carbocycles. The van der Waals surface area contributed by atoms with Gasteiger partial charge < -0.3 is 15.0 Å². The Kier molecular flexibility index (Phi) is 4.02. The second-order valence-electron chi connectivity index (χ2n) is 4.54. The lowest BCUT2D eigenvalue weighted by Gasteiger charge is -2.08. The Bertz CT molecular complexity index is 570. The summed E-state index contributed by atoms with van der Waals surface area (Å²) in [6.07, 6.45) is 0.630. The van der Waals surface area contributed by atoms with Crippen LogP contribution in [0.25, 0.3) is 0 Å². The number of anilines is 1. The highest BCUT2D eigenvalue weighted by Crippen LogP contribution is 2.13. The third kappa shape index (κ3) is 3.03. The van der Waals surface area contributed by atoms with Gasteiger partial charge in [-0.3, -0.25) is 4.79 Å². The molecule has 0 unspecified atom stereocenters. The van der Waals surface area contributed by atoms with E-state index in [0.717, 1.165) is 16.9 Å². The number of nitrogens with one attached hydrogen (secondary N) is 1. The molecule has 0 atom stereocenters. The highest BCUT2D eigenvalue weighted by atomic mass is 16.2. The normalized spacial score (nSPS) is 10.5. The molecule has 4 nitrogen and oxygen atoms in total. The number of amides is 1. The number of carbonyl (C=O) groups is 1. The van der Waals surface area contributed by atoms with Gasteiger partial charge in [0.15, 0.2) is 0 Å². The summed E-state index contributed by atoms with van der Waals surface area (Å²) >= 11 is 0. The maximum atomic E-state index is 12.1. The van der Waals surface area contributed by atoms with E-state index in [2.05, 4.69) is 5.32 Å². The molecule has 1 aromatic heterocycles. The molecular formula is C15H18N2O2. The fraction of sp³-hybridized carbons (Fsp3) is 0.267. The standard InChI is InChI=1S/C15H18N2O2/c1-11-3-8-14(17(11)2)15(19)16-13-6-4-12(5-7-13)9-10-18/h3-8,18H,9-10H2,1-2H3,(H,16,19). The van der Waals surface area contributed by atoms with Crippen LogP contribution in [0, 0.1) is 6.92 Å². The maximum Gasteiger partial charge on any atom is 0.272 e. The molecule has 100 valence electrons. The molecule has 19 heavy (non-hydrogen) atoms. The highest BCUT2D eigenvalue weighted by Gasteiger charge is 2.10. The van der Waals surface area contributed by atoms with Crippen LogP contribution in [0.4, 0.5) is 5.69 Å². The molecule has 0 aliphatic rings. The molecular weight excluding hydrogens is 240 g/mol. The first-order valence-corrected chi connectivity index (χ1v) is 6.25. The van der Waals surface area contributed by atoms with Crippen LogP contribution < -0.4 is 5.32 Å². The Morgan fingerprint density at radius 1 is 1.21 bits per heavy atom. The molecule has 0 bridgehead atoms. The fourth-order valence-corrected chi connectivity index (χ4v) is 1.92. The number of carbonyl (C=O) groups excluding carboxylic acids is 1. The van der Waals surface area contributed by atoms with E-state index in [1.807, 2.05) is 54.9 Å². The summed E-state index contributed by atoms with van der Waals surface area (Å²) in [6.45, 7) is 2.09. The van der Waals surface area contributed by atoms with Crippen LogP contribution in [-0.2, 0) is 13.5 Å².